The molecule has 320 valence electrons. The van der Waals surface area contributed by atoms with E-state index in [1.165, 1.54) is 32.9 Å². The number of aromatic nitrogens is 6. The maximum atomic E-state index is 13.6. The molecule has 2 saturated heterocycles. The van der Waals surface area contributed by atoms with Crippen LogP contribution in [0.25, 0.3) is 17.2 Å². The summed E-state index contributed by atoms with van der Waals surface area (Å²) in [6, 6.07) is 8.33. The van der Waals surface area contributed by atoms with E-state index < -0.39 is 32.0 Å². The van der Waals surface area contributed by atoms with Crippen LogP contribution in [0.15, 0.2) is 69.1 Å². The molecular weight excluding hydrogens is 968 g/mol. The molecule has 0 amide bonds. The molecule has 4 bridgehead atoms. The lowest BCUT2D eigenvalue weighted by Crippen LogP contribution is -2.44. The largest absolute Gasteiger partial charge is 0.446 e. The highest BCUT2D eigenvalue weighted by molar-refractivity contribution is 9.10. The first-order valence-corrected chi connectivity index (χ1v) is 23.0. The highest BCUT2D eigenvalue weighted by Gasteiger charge is 2.50. The number of piperidine rings is 2. The molecule has 2 saturated carbocycles. The van der Waals surface area contributed by atoms with Gasteiger partial charge in [0.05, 0.1) is 14.6 Å². The Morgan fingerprint density at radius 3 is 1.92 bits per heavy atom. The Kier molecular flexibility index (Phi) is 11.7. The summed E-state index contributed by atoms with van der Waals surface area (Å²) in [5.41, 5.74) is 2.92. The second kappa shape index (κ2) is 16.5. The van der Waals surface area contributed by atoms with Crippen molar-refractivity contribution in [1.29, 1.82) is 0 Å². The van der Waals surface area contributed by atoms with Gasteiger partial charge in [-0.15, -0.1) is 0 Å². The number of rotatable bonds is 11. The van der Waals surface area contributed by atoms with E-state index in [-0.39, 0.29) is 69.7 Å². The molecule has 4 fully saturated rings. The second-order valence-electron chi connectivity index (χ2n) is 15.2. The van der Waals surface area contributed by atoms with Crippen LogP contribution in [0.2, 0.25) is 0 Å². The number of nitrogens with zero attached hydrogens (tertiary/aromatic N) is 9. The number of fused-ring (bicyclic) bond motifs is 4. The summed E-state index contributed by atoms with van der Waals surface area (Å²) in [6.45, 7) is 0.770. The fraction of sp³-hybridized carbons (Fsp3) is 0.441. The van der Waals surface area contributed by atoms with Gasteiger partial charge in [0, 0.05) is 31.6 Å². The smallest absolute Gasteiger partial charge is 0.411 e. The van der Waals surface area contributed by atoms with Gasteiger partial charge >= 0.3 is 5.76 Å². The number of hydrogen-bond acceptors (Lipinski definition) is 15. The lowest BCUT2D eigenvalue weighted by molar-refractivity contribution is 0.255. The van der Waals surface area contributed by atoms with Crippen molar-refractivity contribution in [3.8, 4) is 17.2 Å². The van der Waals surface area contributed by atoms with E-state index in [9.17, 15) is 35.6 Å². The molecule has 3 aromatic heterocycles. The average Bonchev–Trinajstić information content (AvgIpc) is 4.05. The zero-order valence-electron chi connectivity index (χ0n) is 31.0. The van der Waals surface area contributed by atoms with Crippen LogP contribution in [0, 0.1) is 35.3 Å². The number of halogens is 4. The molecule has 60 heavy (non-hydrogen) atoms. The maximum absolute atomic E-state index is 13.6. The van der Waals surface area contributed by atoms with Crippen LogP contribution in [-0.2, 0) is 39.7 Å². The van der Waals surface area contributed by atoms with Crippen molar-refractivity contribution in [2.24, 2.45) is 39.1 Å². The van der Waals surface area contributed by atoms with Gasteiger partial charge in [-0.05, 0) is 140 Å². The standard InChI is InChI=1S/C17H16BrFN6O5S.C17H19BrFN5O4S/c18-12-6-10(1-2-13(12)19)25-16(23-29-17(25)26)15-14(21-30-22-15)5-8-3-11-4-9(8)7-24(11)31(20,27)28;18-13-3-9(1-2-14(13)19)4-15(21-25)17-16(22-28-23-17)7-10-5-12-6-11(10)8-24(12)29(20,26)27/h1-2,6,8-9,11H,3-5,7H2,(H2,20,27,28);1-3,10-12,25H,4-8H2,(H2,20,26,27). The average molecular weight is 1000 g/mol. The monoisotopic (exact) mass is 1000 g/mol. The molecular formula is C34H35Br2F2N11O9S2. The van der Waals surface area contributed by atoms with Crippen molar-refractivity contribution in [2.75, 3.05) is 13.1 Å². The first-order chi connectivity index (χ1) is 28.5. The Balaban J connectivity index is 0.000000167. The summed E-state index contributed by atoms with van der Waals surface area (Å²) < 4.78 is 92.7. The number of benzene rings is 2. The minimum Gasteiger partial charge on any atom is -0.411 e. The lowest BCUT2D eigenvalue weighted by atomic mass is 9.89. The minimum absolute atomic E-state index is 0.0778. The molecule has 6 unspecified atom stereocenters. The van der Waals surface area contributed by atoms with Crippen molar-refractivity contribution in [2.45, 2.75) is 57.0 Å². The predicted molar refractivity (Wildman–Crippen MR) is 211 cm³/mol. The molecule has 6 atom stereocenters. The van der Waals surface area contributed by atoms with Gasteiger partial charge in [-0.1, -0.05) is 26.7 Å². The third-order valence-electron chi connectivity index (χ3n) is 11.7. The van der Waals surface area contributed by atoms with Gasteiger partial charge in [-0.3, -0.25) is 4.52 Å². The number of hydrogen-bond donors (Lipinski definition) is 3. The summed E-state index contributed by atoms with van der Waals surface area (Å²) >= 11 is 6.23. The van der Waals surface area contributed by atoms with Gasteiger partial charge in [0.25, 0.3) is 20.4 Å². The van der Waals surface area contributed by atoms with Crippen molar-refractivity contribution in [3.05, 3.63) is 90.2 Å². The second-order valence-corrected chi connectivity index (χ2v) is 19.9. The molecule has 5 heterocycles. The van der Waals surface area contributed by atoms with Gasteiger partial charge < -0.3 is 5.21 Å². The van der Waals surface area contributed by atoms with Crippen LogP contribution in [0.1, 0.15) is 48.3 Å². The van der Waals surface area contributed by atoms with Crippen LogP contribution in [0.3, 0.4) is 0 Å². The van der Waals surface area contributed by atoms with E-state index in [1.54, 1.807) is 12.1 Å². The van der Waals surface area contributed by atoms with Crippen molar-refractivity contribution >= 4 is 58.0 Å². The van der Waals surface area contributed by atoms with E-state index in [0.29, 0.717) is 66.0 Å². The fourth-order valence-corrected chi connectivity index (χ4v) is 11.8. The Labute approximate surface area is 356 Å². The molecule has 20 nitrogen and oxygen atoms in total. The zero-order valence-corrected chi connectivity index (χ0v) is 35.8. The third-order valence-corrected chi connectivity index (χ3v) is 15.1. The van der Waals surface area contributed by atoms with E-state index in [1.807, 2.05) is 0 Å². The van der Waals surface area contributed by atoms with E-state index in [4.69, 9.17) is 24.1 Å². The first kappa shape index (κ1) is 42.4. The maximum Gasteiger partial charge on any atom is 0.446 e. The fourth-order valence-electron chi connectivity index (χ4n) is 8.99. The minimum atomic E-state index is -3.71. The summed E-state index contributed by atoms with van der Waals surface area (Å²) in [5, 5.41) is 43.0. The van der Waals surface area contributed by atoms with E-state index in [0.717, 1.165) is 23.0 Å². The molecule has 5 aromatic rings. The van der Waals surface area contributed by atoms with Crippen LogP contribution in [-0.4, -0.2) is 91.9 Å². The molecule has 5 N–H and O–H groups in total. The van der Waals surface area contributed by atoms with E-state index in [2.05, 4.69) is 62.8 Å². The summed E-state index contributed by atoms with van der Waals surface area (Å²) in [4.78, 5) is 12.3. The van der Waals surface area contributed by atoms with Crippen molar-refractivity contribution < 1.29 is 44.6 Å². The topological polar surface area (TPSA) is 285 Å². The highest BCUT2D eigenvalue weighted by atomic mass is 79.9. The Hall–Kier alpha value is -4.31. The van der Waals surface area contributed by atoms with Crippen molar-refractivity contribution in [1.82, 2.24) is 39.0 Å². The van der Waals surface area contributed by atoms with Crippen LogP contribution < -0.4 is 16.0 Å². The molecule has 2 aromatic carbocycles. The zero-order chi connectivity index (χ0) is 42.7. The molecule has 26 heteroatoms. The SMILES string of the molecule is NS(=O)(=O)N1CC2CC1CC2Cc1nonc1-c1noc(=O)n1-c1ccc(F)c(Br)c1.NS(=O)(=O)N1CC2CC1CC2Cc1nonc1C(Cc1ccc(F)c(Br)c1)=NO. The van der Waals surface area contributed by atoms with Crippen molar-refractivity contribution in [3.63, 3.8) is 0 Å². The lowest BCUT2D eigenvalue weighted by Gasteiger charge is -2.28. The number of oxime groups is 1. The normalized spacial score (nSPS) is 24.3. The molecule has 2 aliphatic carbocycles. The van der Waals surface area contributed by atoms with Crippen LogP contribution >= 0.6 is 31.9 Å². The Bertz CT molecular complexity index is 2750. The van der Waals surface area contributed by atoms with Gasteiger partial charge in [0.15, 0.2) is 11.4 Å². The molecule has 9 rings (SSSR count). The Morgan fingerprint density at radius 2 is 1.37 bits per heavy atom. The van der Waals surface area contributed by atoms with E-state index >= 15 is 0 Å². The predicted octanol–water partition coefficient (Wildman–Crippen LogP) is 3.08. The van der Waals surface area contributed by atoms with Crippen LogP contribution in [0.4, 0.5) is 8.78 Å². The molecule has 4 aliphatic rings. The third kappa shape index (κ3) is 8.47. The highest BCUT2D eigenvalue weighted by Crippen LogP contribution is 2.46. The van der Waals surface area contributed by atoms with Gasteiger partial charge in [0.1, 0.15) is 28.7 Å². The summed E-state index contributed by atoms with van der Waals surface area (Å²) in [7, 11) is -7.40. The van der Waals surface area contributed by atoms with Gasteiger partial charge in [0.2, 0.25) is 5.82 Å². The summed E-state index contributed by atoms with van der Waals surface area (Å²) in [5.74, 6) is -0.872. The quantitative estimate of drug-likeness (QED) is 0.0975. The number of nitrogens with two attached hydrogens (primary N) is 2. The van der Waals surface area contributed by atoms with Crippen LogP contribution in [0.5, 0.6) is 0 Å². The Morgan fingerprint density at radius 1 is 0.800 bits per heavy atom. The molecule has 2 aliphatic heterocycles. The van der Waals surface area contributed by atoms with Gasteiger partial charge in [-0.25, -0.2) is 37.7 Å². The van der Waals surface area contributed by atoms with Gasteiger partial charge in [-0.2, -0.15) is 25.4 Å². The first-order valence-electron chi connectivity index (χ1n) is 18.4. The molecule has 0 radical (unpaired) electrons. The molecule has 0 spiro atoms. The summed E-state index contributed by atoms with van der Waals surface area (Å²) in [6.07, 6.45) is 4.05.